The van der Waals surface area contributed by atoms with E-state index < -0.39 is 11.7 Å². The molecular formula is C13H18F3N3. The van der Waals surface area contributed by atoms with Gasteiger partial charge in [0.25, 0.3) is 0 Å². The fraction of sp³-hybridized carbons (Fsp3) is 0.615. The first-order chi connectivity index (χ1) is 9.04. The number of halogens is 3. The summed E-state index contributed by atoms with van der Waals surface area (Å²) in [5.74, 6) is 0.0207. The Hall–Kier alpha value is -1.30. The van der Waals surface area contributed by atoms with Crippen molar-refractivity contribution in [2.24, 2.45) is 5.73 Å². The number of anilines is 1. The van der Waals surface area contributed by atoms with E-state index in [4.69, 9.17) is 5.73 Å². The van der Waals surface area contributed by atoms with Gasteiger partial charge in [-0.2, -0.15) is 13.2 Å². The lowest BCUT2D eigenvalue weighted by Crippen LogP contribution is -2.39. The van der Waals surface area contributed by atoms with Crippen molar-refractivity contribution in [3.63, 3.8) is 0 Å². The van der Waals surface area contributed by atoms with Crippen molar-refractivity contribution in [3.05, 3.63) is 23.9 Å². The van der Waals surface area contributed by atoms with E-state index in [-0.39, 0.29) is 11.9 Å². The molecule has 2 rings (SSSR count). The zero-order valence-corrected chi connectivity index (χ0v) is 10.7. The predicted octanol–water partition coefficient (Wildman–Crippen LogP) is 2.81. The number of pyridine rings is 1. The van der Waals surface area contributed by atoms with Crippen molar-refractivity contribution < 1.29 is 13.2 Å². The van der Waals surface area contributed by atoms with Crippen LogP contribution >= 0.6 is 0 Å². The first-order valence-electron chi connectivity index (χ1n) is 6.53. The summed E-state index contributed by atoms with van der Waals surface area (Å²) in [5, 5.41) is 0. The molecule has 0 unspecified atom stereocenters. The lowest BCUT2D eigenvalue weighted by molar-refractivity contribution is -0.137. The summed E-state index contributed by atoms with van der Waals surface area (Å²) >= 11 is 0. The summed E-state index contributed by atoms with van der Waals surface area (Å²) in [5.41, 5.74) is 4.87. The van der Waals surface area contributed by atoms with E-state index in [2.05, 4.69) is 4.98 Å². The van der Waals surface area contributed by atoms with Gasteiger partial charge in [-0.25, -0.2) is 4.98 Å². The van der Waals surface area contributed by atoms with Crippen molar-refractivity contribution in [3.8, 4) is 0 Å². The minimum absolute atomic E-state index is 0.0207. The van der Waals surface area contributed by atoms with Gasteiger partial charge in [0.1, 0.15) is 5.82 Å². The molecular weight excluding hydrogens is 255 g/mol. The molecule has 1 fully saturated rings. The Labute approximate surface area is 110 Å². The molecule has 1 saturated carbocycles. The summed E-state index contributed by atoms with van der Waals surface area (Å²) in [6.07, 6.45) is 0.958. The summed E-state index contributed by atoms with van der Waals surface area (Å²) in [4.78, 5) is 5.69. The smallest absolute Gasteiger partial charge is 0.352 e. The Kier molecular flexibility index (Phi) is 4.29. The molecule has 106 valence electrons. The molecule has 1 aromatic rings. The number of nitrogens with two attached hydrogens (primary N) is 1. The number of hydrogen-bond acceptors (Lipinski definition) is 3. The summed E-state index contributed by atoms with van der Waals surface area (Å²) in [6.45, 7) is 0.731. The van der Waals surface area contributed by atoms with Gasteiger partial charge in [-0.1, -0.05) is 12.8 Å². The standard InChI is InChI=1S/C13H18F3N3/c14-13(15,16)11-6-3-8-18-12(11)19(9-7-17)10-4-1-2-5-10/h3,6,8,10H,1-2,4-5,7,9,17H2. The molecule has 0 amide bonds. The van der Waals surface area contributed by atoms with Crippen molar-refractivity contribution in [1.82, 2.24) is 4.98 Å². The molecule has 0 spiro atoms. The van der Waals surface area contributed by atoms with Crippen LogP contribution in [0.3, 0.4) is 0 Å². The van der Waals surface area contributed by atoms with Crippen LogP contribution in [0.15, 0.2) is 18.3 Å². The van der Waals surface area contributed by atoms with Crippen LogP contribution in [0.5, 0.6) is 0 Å². The Bertz CT molecular complexity index is 414. The van der Waals surface area contributed by atoms with Crippen LogP contribution in [0.1, 0.15) is 31.2 Å². The largest absolute Gasteiger partial charge is 0.419 e. The topological polar surface area (TPSA) is 42.1 Å². The highest BCUT2D eigenvalue weighted by Gasteiger charge is 2.37. The maximum absolute atomic E-state index is 13.0. The Morgan fingerprint density at radius 3 is 2.58 bits per heavy atom. The minimum atomic E-state index is -4.38. The number of nitrogens with zero attached hydrogens (tertiary/aromatic N) is 2. The van der Waals surface area contributed by atoms with Crippen LogP contribution in [0.2, 0.25) is 0 Å². The lowest BCUT2D eigenvalue weighted by atomic mass is 10.1. The molecule has 1 heterocycles. The first kappa shape index (κ1) is 14.1. The third kappa shape index (κ3) is 3.18. The normalized spacial score (nSPS) is 16.8. The van der Waals surface area contributed by atoms with E-state index in [1.54, 1.807) is 4.90 Å². The summed E-state index contributed by atoms with van der Waals surface area (Å²) < 4.78 is 39.1. The Morgan fingerprint density at radius 2 is 2.00 bits per heavy atom. The summed E-state index contributed by atoms with van der Waals surface area (Å²) in [6, 6.07) is 2.53. The molecule has 0 saturated heterocycles. The zero-order chi connectivity index (χ0) is 13.9. The average Bonchev–Trinajstić information content (AvgIpc) is 2.88. The molecule has 0 bridgehead atoms. The molecule has 0 aliphatic heterocycles. The first-order valence-corrected chi connectivity index (χ1v) is 6.53. The Balaban J connectivity index is 2.35. The van der Waals surface area contributed by atoms with E-state index in [1.807, 2.05) is 0 Å². The zero-order valence-electron chi connectivity index (χ0n) is 10.7. The maximum Gasteiger partial charge on any atom is 0.419 e. The van der Waals surface area contributed by atoms with Crippen LogP contribution in [-0.2, 0) is 6.18 Å². The fourth-order valence-corrected chi connectivity index (χ4v) is 2.66. The molecule has 1 aliphatic carbocycles. The van der Waals surface area contributed by atoms with E-state index in [1.165, 1.54) is 12.3 Å². The van der Waals surface area contributed by atoms with Gasteiger partial charge in [-0.3, -0.25) is 0 Å². The second-order valence-electron chi connectivity index (χ2n) is 4.79. The Morgan fingerprint density at radius 1 is 1.32 bits per heavy atom. The van der Waals surface area contributed by atoms with Crippen molar-refractivity contribution >= 4 is 5.82 Å². The van der Waals surface area contributed by atoms with Crippen LogP contribution in [0.25, 0.3) is 0 Å². The van der Waals surface area contributed by atoms with Gasteiger partial charge in [-0.15, -0.1) is 0 Å². The summed E-state index contributed by atoms with van der Waals surface area (Å²) in [7, 11) is 0. The third-order valence-electron chi connectivity index (χ3n) is 3.50. The molecule has 1 aliphatic rings. The number of rotatable bonds is 4. The minimum Gasteiger partial charge on any atom is -0.352 e. The quantitative estimate of drug-likeness (QED) is 0.917. The molecule has 1 aromatic heterocycles. The van der Waals surface area contributed by atoms with Crippen LogP contribution in [0, 0.1) is 0 Å². The van der Waals surface area contributed by atoms with Gasteiger partial charge in [0, 0.05) is 25.3 Å². The SMILES string of the molecule is NCCN(c1ncccc1C(F)(F)F)C1CCCC1. The number of alkyl halides is 3. The molecule has 19 heavy (non-hydrogen) atoms. The molecule has 6 heteroatoms. The van der Waals surface area contributed by atoms with E-state index in [0.29, 0.717) is 13.1 Å². The van der Waals surface area contributed by atoms with Crippen LogP contribution in [-0.4, -0.2) is 24.1 Å². The predicted molar refractivity (Wildman–Crippen MR) is 67.9 cm³/mol. The van der Waals surface area contributed by atoms with Gasteiger partial charge in [0.15, 0.2) is 0 Å². The van der Waals surface area contributed by atoms with Crippen molar-refractivity contribution in [2.75, 3.05) is 18.0 Å². The molecule has 0 radical (unpaired) electrons. The highest BCUT2D eigenvalue weighted by atomic mass is 19.4. The maximum atomic E-state index is 13.0. The lowest BCUT2D eigenvalue weighted by Gasteiger charge is -2.31. The van der Waals surface area contributed by atoms with Crippen molar-refractivity contribution in [2.45, 2.75) is 37.9 Å². The number of aromatic nitrogens is 1. The van der Waals surface area contributed by atoms with Crippen molar-refractivity contribution in [1.29, 1.82) is 0 Å². The van der Waals surface area contributed by atoms with Crippen LogP contribution in [0.4, 0.5) is 19.0 Å². The molecule has 0 aromatic carbocycles. The van der Waals surface area contributed by atoms with Gasteiger partial charge in [0.05, 0.1) is 5.56 Å². The van der Waals surface area contributed by atoms with E-state index >= 15 is 0 Å². The number of hydrogen-bond donors (Lipinski definition) is 1. The molecule has 0 atom stereocenters. The van der Waals surface area contributed by atoms with Gasteiger partial charge in [0.2, 0.25) is 0 Å². The fourth-order valence-electron chi connectivity index (χ4n) is 2.66. The second kappa shape index (κ2) is 5.77. The second-order valence-corrected chi connectivity index (χ2v) is 4.79. The monoisotopic (exact) mass is 273 g/mol. The van der Waals surface area contributed by atoms with E-state index in [9.17, 15) is 13.2 Å². The van der Waals surface area contributed by atoms with Gasteiger partial charge < -0.3 is 10.6 Å². The molecule has 3 nitrogen and oxygen atoms in total. The van der Waals surface area contributed by atoms with Crippen LogP contribution < -0.4 is 10.6 Å². The van der Waals surface area contributed by atoms with Gasteiger partial charge >= 0.3 is 6.18 Å². The highest BCUT2D eigenvalue weighted by molar-refractivity contribution is 5.49. The molecule has 2 N–H and O–H groups in total. The average molecular weight is 273 g/mol. The van der Waals surface area contributed by atoms with E-state index in [0.717, 1.165) is 31.7 Å². The van der Waals surface area contributed by atoms with Gasteiger partial charge in [-0.05, 0) is 25.0 Å². The highest BCUT2D eigenvalue weighted by Crippen LogP contribution is 2.37. The third-order valence-corrected chi connectivity index (χ3v) is 3.50.